The molecule has 0 saturated carbocycles. The maximum absolute atomic E-state index is 5.68. The summed E-state index contributed by atoms with van der Waals surface area (Å²) in [5.74, 6) is 0. The van der Waals surface area contributed by atoms with Gasteiger partial charge in [-0.3, -0.25) is 0 Å². The van der Waals surface area contributed by atoms with Crippen molar-refractivity contribution in [3.05, 3.63) is 83.9 Å². The van der Waals surface area contributed by atoms with Crippen LogP contribution in [-0.4, -0.2) is 15.5 Å². The second kappa shape index (κ2) is 17.8. The van der Waals surface area contributed by atoms with Gasteiger partial charge in [0.05, 0.1) is 0 Å². The van der Waals surface area contributed by atoms with E-state index in [1.807, 2.05) is 0 Å². The second-order valence-corrected chi connectivity index (χ2v) is 22.2. The van der Waals surface area contributed by atoms with E-state index < -0.39 is 26.9 Å². The van der Waals surface area contributed by atoms with E-state index in [4.69, 9.17) is 50.3 Å². The van der Waals surface area contributed by atoms with Crippen molar-refractivity contribution in [2.75, 3.05) is 0 Å². The van der Waals surface area contributed by atoms with Crippen LogP contribution in [0.25, 0.3) is 21.5 Å². The Morgan fingerprint density at radius 2 is 1.24 bits per heavy atom. The Morgan fingerprint density at radius 1 is 0.818 bits per heavy atom. The topological polar surface area (TPSA) is 0 Å². The SMILES string of the molecule is CC[Si]CCC[Si](Cl)(Cl)Cl.Cc1cc2ccccc2[cH-]1.Cc1cc2ccccc2[cH-]1.[Cl][Zr+2][Cl]. The van der Waals surface area contributed by atoms with Crippen molar-refractivity contribution in [1.82, 2.24) is 0 Å². The number of fused-ring (bicyclic) bond motifs is 2. The van der Waals surface area contributed by atoms with Gasteiger partial charge in [0.25, 0.3) is 0 Å². The van der Waals surface area contributed by atoms with E-state index in [1.165, 1.54) is 44.8 Å². The van der Waals surface area contributed by atoms with Crippen molar-refractivity contribution in [3.8, 4) is 0 Å². The summed E-state index contributed by atoms with van der Waals surface area (Å²) in [5, 5.41) is 5.39. The molecule has 0 saturated heterocycles. The van der Waals surface area contributed by atoms with Gasteiger partial charge < -0.3 is 0 Å². The van der Waals surface area contributed by atoms with Crippen molar-refractivity contribution in [2.45, 2.75) is 45.3 Å². The third-order valence-electron chi connectivity index (χ3n) is 4.59. The van der Waals surface area contributed by atoms with Gasteiger partial charge in [-0.2, -0.15) is 12.1 Å². The number of aryl methyl sites for hydroxylation is 2. The summed E-state index contributed by atoms with van der Waals surface area (Å²) >= 11 is 16.2. The molecule has 0 aliphatic rings. The number of hydrogen-bond donors (Lipinski definition) is 0. The first-order valence-electron chi connectivity index (χ1n) is 10.7. The predicted molar refractivity (Wildman–Crippen MR) is 154 cm³/mol. The molecule has 0 amide bonds. The van der Waals surface area contributed by atoms with Crippen LogP contribution in [0.3, 0.4) is 0 Å². The maximum atomic E-state index is 5.68. The molecule has 33 heavy (non-hydrogen) atoms. The molecule has 0 aliphatic heterocycles. The zero-order valence-electron chi connectivity index (χ0n) is 19.1. The van der Waals surface area contributed by atoms with Crippen LogP contribution in [0.2, 0.25) is 18.1 Å². The van der Waals surface area contributed by atoms with Crippen LogP contribution in [0.4, 0.5) is 0 Å². The van der Waals surface area contributed by atoms with Crippen LogP contribution in [-0.2, 0) is 20.8 Å². The third kappa shape index (κ3) is 14.5. The van der Waals surface area contributed by atoms with E-state index in [0.29, 0.717) is 0 Å². The Labute approximate surface area is 235 Å². The molecule has 4 aromatic rings. The zero-order valence-corrected chi connectivity index (χ0v) is 27.4. The monoisotopic (exact) mass is 650 g/mol. The molecule has 0 N–H and O–H groups in total. The molecule has 4 aromatic carbocycles. The van der Waals surface area contributed by atoms with E-state index in [9.17, 15) is 0 Å². The van der Waals surface area contributed by atoms with Gasteiger partial charge in [0, 0.05) is 9.52 Å². The summed E-state index contributed by atoms with van der Waals surface area (Å²) in [6.07, 6.45) is 1.09. The fourth-order valence-electron chi connectivity index (χ4n) is 3.20. The number of benzene rings is 2. The molecular formula is C25H29Cl5Si2Zr. The van der Waals surface area contributed by atoms with E-state index in [0.717, 1.165) is 22.0 Å². The van der Waals surface area contributed by atoms with E-state index >= 15 is 0 Å². The Bertz CT molecular complexity index is 902. The van der Waals surface area contributed by atoms with E-state index in [1.54, 1.807) is 0 Å². The van der Waals surface area contributed by atoms with Crippen LogP contribution in [0, 0.1) is 13.8 Å². The van der Waals surface area contributed by atoms with Crippen molar-refractivity contribution in [1.29, 1.82) is 0 Å². The second-order valence-electron chi connectivity index (χ2n) is 7.47. The van der Waals surface area contributed by atoms with Crippen molar-refractivity contribution < 1.29 is 20.8 Å². The first-order chi connectivity index (χ1) is 15.7. The van der Waals surface area contributed by atoms with E-state index in [-0.39, 0.29) is 0 Å². The first kappa shape index (κ1) is 31.5. The molecule has 0 heterocycles. The fraction of sp³-hybridized carbons (Fsp3) is 0.280. The van der Waals surface area contributed by atoms with Crippen LogP contribution in [0.5, 0.6) is 0 Å². The molecule has 0 spiro atoms. The summed E-state index contributed by atoms with van der Waals surface area (Å²) in [5.41, 5.74) is 2.70. The Balaban J connectivity index is 0.000000233. The summed E-state index contributed by atoms with van der Waals surface area (Å²) in [6.45, 7) is 6.44. The van der Waals surface area contributed by atoms with Gasteiger partial charge in [-0.25, -0.2) is 0 Å². The summed E-state index contributed by atoms with van der Waals surface area (Å²) in [4.78, 5) is 0. The minimum atomic E-state index is -2.29. The zero-order chi connectivity index (χ0) is 24.7. The summed E-state index contributed by atoms with van der Waals surface area (Å²) < 4.78 is 0. The normalized spacial score (nSPS) is 10.3. The van der Waals surface area contributed by atoms with Gasteiger partial charge in [0.2, 0.25) is 0 Å². The summed E-state index contributed by atoms with van der Waals surface area (Å²) in [6, 6.07) is 26.7. The van der Waals surface area contributed by atoms with Crippen molar-refractivity contribution >= 4 is 87.3 Å². The molecule has 0 unspecified atom stereocenters. The molecule has 0 atom stereocenters. The fourth-order valence-corrected chi connectivity index (χ4v) is 6.12. The van der Waals surface area contributed by atoms with Crippen molar-refractivity contribution in [2.24, 2.45) is 0 Å². The van der Waals surface area contributed by atoms with Gasteiger partial charge >= 0.3 is 43.9 Å². The number of hydrogen-bond acceptors (Lipinski definition) is 0. The number of rotatable bonds is 5. The quantitative estimate of drug-likeness (QED) is 0.0870. The molecule has 0 aromatic heterocycles. The molecule has 0 fully saturated rings. The van der Waals surface area contributed by atoms with Gasteiger partial charge in [-0.05, 0) is 6.04 Å². The Morgan fingerprint density at radius 3 is 1.61 bits per heavy atom. The standard InChI is InChI=1S/2C10H9.C5H11Cl3Si2.2ClH.Zr/c2*1-8-6-9-4-2-3-5-10(9)7-8;1-2-9-4-3-5-10(6,7)8;;;/h2*2-7H,1H3;2-5H2,1H3;2*1H;/q2*-1;;;;+4/p-2. The van der Waals surface area contributed by atoms with Crippen LogP contribution in [0.15, 0.2) is 72.8 Å². The van der Waals surface area contributed by atoms with Crippen molar-refractivity contribution in [3.63, 3.8) is 0 Å². The number of halogens is 5. The van der Waals surface area contributed by atoms with Crippen LogP contribution >= 0.6 is 50.3 Å². The average Bonchev–Trinajstić information content (AvgIpc) is 3.32. The molecular weight excluding hydrogens is 625 g/mol. The van der Waals surface area contributed by atoms with Crippen LogP contribution in [0.1, 0.15) is 24.5 Å². The Hall–Kier alpha value is 0.427. The summed E-state index contributed by atoms with van der Waals surface area (Å²) in [7, 11) is 10.9. The molecule has 0 bridgehead atoms. The molecule has 0 aliphatic carbocycles. The average molecular weight is 654 g/mol. The minimum absolute atomic E-state index is 0.824. The molecule has 0 nitrogen and oxygen atoms in total. The molecule has 4 rings (SSSR count). The van der Waals surface area contributed by atoms with Gasteiger partial charge in [0.15, 0.2) is 0 Å². The van der Waals surface area contributed by atoms with Gasteiger partial charge in [-0.15, -0.1) is 114 Å². The first-order valence-corrected chi connectivity index (χ1v) is 23.7. The predicted octanol–water partition coefficient (Wildman–Crippen LogP) is 10.7. The Kier molecular flexibility index (Phi) is 17.0. The van der Waals surface area contributed by atoms with Gasteiger partial charge in [-0.1, -0.05) is 51.4 Å². The molecule has 2 radical (unpaired) electrons. The molecule has 176 valence electrons. The third-order valence-corrected chi connectivity index (χ3v) is 8.42. The molecule has 8 heteroatoms. The van der Waals surface area contributed by atoms with Crippen LogP contribution < -0.4 is 0 Å². The van der Waals surface area contributed by atoms with E-state index in [2.05, 4.69) is 93.6 Å². The van der Waals surface area contributed by atoms with Gasteiger partial charge in [0.1, 0.15) is 0 Å².